The number of nitrogens with one attached hydrogen (secondary N) is 1. The molecule has 11 heavy (non-hydrogen) atoms. The fourth-order valence-electron chi connectivity index (χ4n) is 2.17. The average Bonchev–Trinajstić information content (AvgIpc) is 2.41. The molecule has 2 fully saturated rings. The molecule has 2 unspecified atom stereocenters. The van der Waals surface area contributed by atoms with Crippen molar-refractivity contribution in [3.05, 3.63) is 0 Å². The molecule has 1 saturated carbocycles. The van der Waals surface area contributed by atoms with Gasteiger partial charge in [-0.25, -0.2) is 13.8 Å². The van der Waals surface area contributed by atoms with Crippen LogP contribution in [0.4, 0.5) is 8.78 Å². The van der Waals surface area contributed by atoms with Crippen LogP contribution in [0.2, 0.25) is 0 Å². The van der Waals surface area contributed by atoms with E-state index >= 15 is 0 Å². The minimum absolute atomic E-state index is 0.0402. The van der Waals surface area contributed by atoms with Gasteiger partial charge in [-0.2, -0.15) is 0 Å². The minimum Gasteiger partial charge on any atom is -0.258 e. The number of rotatable bonds is 1. The van der Waals surface area contributed by atoms with Crippen molar-refractivity contribution in [2.75, 3.05) is 13.6 Å². The third-order valence-corrected chi connectivity index (χ3v) is 2.81. The topological polar surface area (TPSA) is 15.3 Å². The maximum absolute atomic E-state index is 12.9. The lowest BCUT2D eigenvalue weighted by atomic mass is 10.1. The Morgan fingerprint density at radius 1 is 1.55 bits per heavy atom. The molecular weight excluding hydrogens is 150 g/mol. The van der Waals surface area contributed by atoms with E-state index in [9.17, 15) is 8.78 Å². The van der Waals surface area contributed by atoms with Crippen molar-refractivity contribution < 1.29 is 8.78 Å². The predicted molar refractivity (Wildman–Crippen MR) is 37.2 cm³/mol. The zero-order valence-electron chi connectivity index (χ0n) is 6.48. The fraction of sp³-hybridized carbons (Fsp3) is 1.00. The van der Waals surface area contributed by atoms with E-state index in [1.165, 1.54) is 0 Å². The Kier molecular flexibility index (Phi) is 1.44. The van der Waals surface area contributed by atoms with Gasteiger partial charge in [0.2, 0.25) is 0 Å². The van der Waals surface area contributed by atoms with Crippen LogP contribution in [0.3, 0.4) is 0 Å². The van der Waals surface area contributed by atoms with Crippen LogP contribution in [0.15, 0.2) is 0 Å². The summed E-state index contributed by atoms with van der Waals surface area (Å²) in [5.41, 5.74) is 2.93. The number of hydrogen-bond donors (Lipinski definition) is 1. The molecular formula is C7H12F2N2. The predicted octanol–water partition coefficient (Wildman–Crippen LogP) is 0.850. The molecule has 4 heteroatoms. The van der Waals surface area contributed by atoms with Crippen LogP contribution in [0, 0.1) is 5.92 Å². The smallest absolute Gasteiger partial charge is 0.253 e. The fourth-order valence-corrected chi connectivity index (χ4v) is 2.17. The van der Waals surface area contributed by atoms with Crippen molar-refractivity contribution in [1.29, 1.82) is 0 Å². The molecule has 0 aromatic heterocycles. The van der Waals surface area contributed by atoms with Crippen LogP contribution in [0.25, 0.3) is 0 Å². The first kappa shape index (κ1) is 7.43. The maximum Gasteiger partial charge on any atom is 0.253 e. The number of halogens is 2. The van der Waals surface area contributed by atoms with E-state index in [4.69, 9.17) is 0 Å². The van der Waals surface area contributed by atoms with Crippen LogP contribution >= 0.6 is 0 Å². The van der Waals surface area contributed by atoms with E-state index in [1.807, 2.05) is 5.01 Å². The van der Waals surface area contributed by atoms with Gasteiger partial charge in [-0.1, -0.05) is 0 Å². The quantitative estimate of drug-likeness (QED) is 0.615. The highest BCUT2D eigenvalue weighted by molar-refractivity contribution is 5.00. The number of piperidine rings is 1. The molecule has 64 valence electrons. The van der Waals surface area contributed by atoms with E-state index in [0.29, 0.717) is 13.0 Å². The second kappa shape index (κ2) is 2.14. The monoisotopic (exact) mass is 162 g/mol. The van der Waals surface area contributed by atoms with Crippen LogP contribution in [-0.4, -0.2) is 30.6 Å². The third-order valence-electron chi connectivity index (χ3n) is 2.81. The maximum atomic E-state index is 12.9. The lowest BCUT2D eigenvalue weighted by Gasteiger charge is -2.30. The molecule has 1 heterocycles. The number of hydrazine groups is 1. The molecule has 0 radical (unpaired) electrons. The third kappa shape index (κ3) is 0.964. The van der Waals surface area contributed by atoms with Crippen LogP contribution in [0.1, 0.15) is 12.8 Å². The molecule has 1 N–H and O–H groups in total. The Hall–Kier alpha value is -0.220. The Balaban J connectivity index is 2.08. The largest absolute Gasteiger partial charge is 0.258 e. The van der Waals surface area contributed by atoms with E-state index in [-0.39, 0.29) is 12.5 Å². The van der Waals surface area contributed by atoms with Crippen molar-refractivity contribution in [2.24, 2.45) is 5.92 Å². The molecule has 0 spiro atoms. The second-order valence-electron chi connectivity index (χ2n) is 3.43. The summed E-state index contributed by atoms with van der Waals surface area (Å²) >= 11 is 0. The highest BCUT2D eigenvalue weighted by Crippen LogP contribution is 2.47. The molecule has 1 saturated heterocycles. The summed E-state index contributed by atoms with van der Waals surface area (Å²) in [4.78, 5) is 0. The van der Waals surface area contributed by atoms with E-state index in [1.54, 1.807) is 7.05 Å². The molecule has 2 bridgehead atoms. The van der Waals surface area contributed by atoms with E-state index in [2.05, 4.69) is 5.43 Å². The lowest BCUT2D eigenvalue weighted by molar-refractivity contribution is -0.0742. The van der Waals surface area contributed by atoms with Crippen molar-refractivity contribution >= 4 is 0 Å². The SMILES string of the molecule is CNN1CC2CC1CC2(F)F. The van der Waals surface area contributed by atoms with Crippen molar-refractivity contribution in [2.45, 2.75) is 24.8 Å². The summed E-state index contributed by atoms with van der Waals surface area (Å²) in [5, 5.41) is 1.92. The minimum atomic E-state index is -2.39. The van der Waals surface area contributed by atoms with Crippen LogP contribution in [-0.2, 0) is 0 Å². The molecule has 1 aliphatic carbocycles. The highest BCUT2D eigenvalue weighted by Gasteiger charge is 2.55. The van der Waals surface area contributed by atoms with Crippen LogP contribution in [0.5, 0.6) is 0 Å². The number of fused-ring (bicyclic) bond motifs is 2. The van der Waals surface area contributed by atoms with Gasteiger partial charge in [-0.15, -0.1) is 0 Å². The van der Waals surface area contributed by atoms with Crippen molar-refractivity contribution in [3.8, 4) is 0 Å². The molecule has 2 aliphatic rings. The van der Waals surface area contributed by atoms with E-state index in [0.717, 1.165) is 0 Å². The molecule has 2 rings (SSSR count). The zero-order chi connectivity index (χ0) is 8.06. The lowest BCUT2D eigenvalue weighted by Crippen LogP contribution is -2.46. The van der Waals surface area contributed by atoms with Crippen molar-refractivity contribution in [1.82, 2.24) is 10.4 Å². The summed E-state index contributed by atoms with van der Waals surface area (Å²) in [6, 6.07) is 0.0694. The number of alkyl halides is 2. The van der Waals surface area contributed by atoms with Gasteiger partial charge >= 0.3 is 0 Å². The molecule has 2 atom stereocenters. The summed E-state index contributed by atoms with van der Waals surface area (Å²) < 4.78 is 25.8. The number of hydrogen-bond acceptors (Lipinski definition) is 2. The van der Waals surface area contributed by atoms with Gasteiger partial charge in [0.1, 0.15) is 0 Å². The Labute approximate surface area is 64.5 Å². The van der Waals surface area contributed by atoms with Gasteiger partial charge in [0.15, 0.2) is 0 Å². The Bertz CT molecular complexity index is 172. The summed E-state index contributed by atoms with van der Waals surface area (Å²) in [6.07, 6.45) is 0.701. The summed E-state index contributed by atoms with van der Waals surface area (Å²) in [7, 11) is 1.79. The summed E-state index contributed by atoms with van der Waals surface area (Å²) in [5.74, 6) is -2.79. The van der Waals surface area contributed by atoms with Gasteiger partial charge in [0, 0.05) is 24.9 Å². The number of nitrogens with zero attached hydrogens (tertiary/aromatic N) is 1. The van der Waals surface area contributed by atoms with Crippen molar-refractivity contribution in [3.63, 3.8) is 0 Å². The molecule has 2 nitrogen and oxygen atoms in total. The van der Waals surface area contributed by atoms with Gasteiger partial charge in [0.05, 0.1) is 0 Å². The molecule has 1 aliphatic heterocycles. The molecule has 0 aromatic carbocycles. The summed E-state index contributed by atoms with van der Waals surface area (Å²) in [6.45, 7) is 0.508. The normalized spacial score (nSPS) is 41.7. The first-order valence-electron chi connectivity index (χ1n) is 3.95. The van der Waals surface area contributed by atoms with Gasteiger partial charge in [0.25, 0.3) is 5.92 Å². The standard InChI is InChI=1S/C7H12F2N2/c1-10-11-4-5-2-6(11)3-7(5,8)9/h5-6,10H,2-4H2,1H3. The molecule has 0 amide bonds. The first-order valence-corrected chi connectivity index (χ1v) is 3.95. The average molecular weight is 162 g/mol. The van der Waals surface area contributed by atoms with E-state index < -0.39 is 11.8 Å². The van der Waals surface area contributed by atoms with Gasteiger partial charge < -0.3 is 0 Å². The first-order chi connectivity index (χ1) is 5.13. The Morgan fingerprint density at radius 2 is 2.27 bits per heavy atom. The van der Waals surface area contributed by atoms with Gasteiger partial charge in [-0.05, 0) is 13.5 Å². The highest BCUT2D eigenvalue weighted by atomic mass is 19.3. The van der Waals surface area contributed by atoms with Gasteiger partial charge in [-0.3, -0.25) is 5.43 Å². The second-order valence-corrected chi connectivity index (χ2v) is 3.43. The zero-order valence-corrected chi connectivity index (χ0v) is 6.48. The molecule has 0 aromatic rings. The van der Waals surface area contributed by atoms with Crippen LogP contribution < -0.4 is 5.43 Å². The Morgan fingerprint density at radius 3 is 2.64 bits per heavy atom.